The first kappa shape index (κ1) is 29.5. The van der Waals surface area contributed by atoms with Gasteiger partial charge in [-0.3, -0.25) is 4.79 Å². The maximum atomic E-state index is 12.7. The molecule has 4 aliphatic carbocycles. The molecule has 0 radical (unpaired) electrons. The van der Waals surface area contributed by atoms with Gasteiger partial charge >= 0.3 is 11.9 Å². The number of aliphatic hydroxyl groups is 2. The van der Waals surface area contributed by atoms with Crippen LogP contribution in [0.1, 0.15) is 85.5 Å². The lowest BCUT2D eigenvalue weighted by atomic mass is 9.43. The van der Waals surface area contributed by atoms with E-state index in [4.69, 9.17) is 23.7 Å². The predicted octanol–water partition coefficient (Wildman–Crippen LogP) is 3.68. The number of fused-ring (bicyclic) bond motifs is 5. The summed E-state index contributed by atoms with van der Waals surface area (Å²) in [5.41, 5.74) is -0.559. The van der Waals surface area contributed by atoms with Gasteiger partial charge in [-0.2, -0.15) is 0 Å². The molecule has 230 valence electrons. The van der Waals surface area contributed by atoms with Crippen molar-refractivity contribution in [3.05, 3.63) is 11.6 Å². The third kappa shape index (κ3) is 4.69. The molecule has 6 rings (SSSR count). The molecular formula is C32H48O9. The number of ether oxygens (including phenoxy) is 5. The monoisotopic (exact) mass is 576 g/mol. The van der Waals surface area contributed by atoms with Gasteiger partial charge < -0.3 is 33.9 Å². The Morgan fingerprint density at radius 1 is 1.07 bits per heavy atom. The van der Waals surface area contributed by atoms with Crippen molar-refractivity contribution in [2.75, 3.05) is 13.7 Å². The Hall–Kier alpha value is -1.52. The maximum absolute atomic E-state index is 12.7. The molecule has 5 fully saturated rings. The SMILES string of the molecule is CO[C@@H]1C[C@H](O[C@H]2CC[C@@]3(C)[C@H](CC[C@@H]4[C@@H]3CC[C@]3(C)C(C5=CC(=O)OC5)[C@@H](OC(C)=O)C[C@]43O)C2)OC(C)C1O. The van der Waals surface area contributed by atoms with Gasteiger partial charge in [-0.25, -0.2) is 4.79 Å². The summed E-state index contributed by atoms with van der Waals surface area (Å²) in [6.07, 6.45) is 7.14. The van der Waals surface area contributed by atoms with Gasteiger partial charge in [0.05, 0.1) is 23.9 Å². The van der Waals surface area contributed by atoms with E-state index in [2.05, 4.69) is 13.8 Å². The van der Waals surface area contributed by atoms with Gasteiger partial charge in [-0.1, -0.05) is 13.8 Å². The second-order valence-corrected chi connectivity index (χ2v) is 14.3. The number of hydrogen-bond donors (Lipinski definition) is 2. The summed E-state index contributed by atoms with van der Waals surface area (Å²) in [6, 6.07) is 0. The van der Waals surface area contributed by atoms with Crippen molar-refractivity contribution in [1.29, 1.82) is 0 Å². The van der Waals surface area contributed by atoms with Gasteiger partial charge in [0.15, 0.2) is 6.29 Å². The first-order chi connectivity index (χ1) is 19.4. The molecule has 0 aromatic rings. The number of carbonyl (C=O) groups excluding carboxylic acids is 2. The van der Waals surface area contributed by atoms with E-state index < -0.39 is 23.2 Å². The van der Waals surface area contributed by atoms with E-state index in [0.717, 1.165) is 50.5 Å². The highest BCUT2D eigenvalue weighted by Crippen LogP contribution is 2.70. The zero-order chi connectivity index (χ0) is 29.3. The summed E-state index contributed by atoms with van der Waals surface area (Å²) in [5, 5.41) is 23.0. The summed E-state index contributed by atoms with van der Waals surface area (Å²) in [7, 11) is 1.62. The number of carbonyl (C=O) groups is 2. The van der Waals surface area contributed by atoms with Crippen LogP contribution < -0.4 is 0 Å². The molecule has 9 heteroatoms. The standard InChI is InChI=1S/C32H48O9/c1-17-29(35)24(37-5)14-27(39-17)41-21-8-10-30(3)20(13-21)6-7-23-22(30)9-11-31(4)28(19-12-26(34)38-16-19)25(40-18(2)33)15-32(23,31)36/h12,17,20-25,27-29,35-36H,6-11,13-16H2,1-5H3/t17?,20-,21+,22+,23-,24-,25+,27+,28?,29?,30+,31-,32+/m1/s1. The van der Waals surface area contributed by atoms with Crippen LogP contribution in [0.4, 0.5) is 0 Å². The van der Waals surface area contributed by atoms with Crippen LogP contribution in [0.25, 0.3) is 0 Å². The van der Waals surface area contributed by atoms with E-state index in [1.54, 1.807) is 13.2 Å². The number of aliphatic hydroxyl groups excluding tert-OH is 1. The zero-order valence-corrected chi connectivity index (χ0v) is 25.2. The molecule has 2 N–H and O–H groups in total. The topological polar surface area (TPSA) is 121 Å². The Morgan fingerprint density at radius 2 is 1.85 bits per heavy atom. The molecule has 2 heterocycles. The summed E-state index contributed by atoms with van der Waals surface area (Å²) in [4.78, 5) is 24.2. The number of rotatable bonds is 5. The van der Waals surface area contributed by atoms with Crippen molar-refractivity contribution >= 4 is 11.9 Å². The van der Waals surface area contributed by atoms with Crippen molar-refractivity contribution in [3.63, 3.8) is 0 Å². The fourth-order valence-corrected chi connectivity index (χ4v) is 10.4. The molecule has 0 aromatic heterocycles. The summed E-state index contributed by atoms with van der Waals surface area (Å²) in [5.74, 6) is 0.0175. The molecule has 13 atom stereocenters. The molecule has 1 saturated heterocycles. The highest BCUT2D eigenvalue weighted by molar-refractivity contribution is 5.85. The molecule has 3 unspecified atom stereocenters. The Kier molecular flexibility index (Phi) is 7.62. The van der Waals surface area contributed by atoms with Crippen LogP contribution >= 0.6 is 0 Å². The van der Waals surface area contributed by atoms with Gasteiger partial charge in [-0.15, -0.1) is 0 Å². The van der Waals surface area contributed by atoms with Crippen molar-refractivity contribution < 1.29 is 43.5 Å². The van der Waals surface area contributed by atoms with Crippen LogP contribution in [0, 0.1) is 34.5 Å². The largest absolute Gasteiger partial charge is 0.462 e. The number of esters is 2. The number of hydrogen-bond acceptors (Lipinski definition) is 9. The van der Waals surface area contributed by atoms with E-state index in [0.29, 0.717) is 24.7 Å². The van der Waals surface area contributed by atoms with E-state index in [1.165, 1.54) is 6.92 Å². The molecule has 6 aliphatic rings. The van der Waals surface area contributed by atoms with Crippen LogP contribution in [-0.2, 0) is 33.3 Å². The fourth-order valence-electron chi connectivity index (χ4n) is 10.4. The molecule has 9 nitrogen and oxygen atoms in total. The second kappa shape index (κ2) is 10.6. The minimum Gasteiger partial charge on any atom is -0.462 e. The average Bonchev–Trinajstić information content (AvgIpc) is 3.42. The second-order valence-electron chi connectivity index (χ2n) is 14.3. The minimum absolute atomic E-state index is 0.0898. The molecule has 0 amide bonds. The van der Waals surface area contributed by atoms with E-state index in [1.807, 2.05) is 6.92 Å². The summed E-state index contributed by atoms with van der Waals surface area (Å²) < 4.78 is 29.1. The number of methoxy groups -OCH3 is 1. The Balaban J connectivity index is 1.19. The highest BCUT2D eigenvalue weighted by atomic mass is 16.7. The highest BCUT2D eigenvalue weighted by Gasteiger charge is 2.71. The normalized spacial score (nSPS) is 51.2. The predicted molar refractivity (Wildman–Crippen MR) is 147 cm³/mol. The fraction of sp³-hybridized carbons (Fsp3) is 0.875. The minimum atomic E-state index is -0.990. The first-order valence-corrected chi connectivity index (χ1v) is 15.7. The lowest BCUT2D eigenvalue weighted by Gasteiger charge is -2.63. The lowest BCUT2D eigenvalue weighted by Crippen LogP contribution is -2.62. The molecule has 2 aliphatic heterocycles. The summed E-state index contributed by atoms with van der Waals surface area (Å²) in [6.45, 7) is 8.06. The van der Waals surface area contributed by atoms with Gasteiger partial charge in [0.1, 0.15) is 18.8 Å². The van der Waals surface area contributed by atoms with Crippen LogP contribution in [0.3, 0.4) is 0 Å². The van der Waals surface area contributed by atoms with Crippen molar-refractivity contribution in [3.8, 4) is 0 Å². The number of cyclic esters (lactones) is 1. The van der Waals surface area contributed by atoms with E-state index in [-0.39, 0.29) is 60.4 Å². The molecular weight excluding hydrogens is 528 g/mol. The van der Waals surface area contributed by atoms with Gasteiger partial charge in [0.2, 0.25) is 0 Å². The van der Waals surface area contributed by atoms with Crippen molar-refractivity contribution in [2.24, 2.45) is 34.5 Å². The quantitative estimate of drug-likeness (QED) is 0.373. The maximum Gasteiger partial charge on any atom is 0.331 e. The van der Waals surface area contributed by atoms with Gasteiger partial charge in [0, 0.05) is 44.3 Å². The molecule has 0 spiro atoms. The lowest BCUT2D eigenvalue weighted by molar-refractivity contribution is -0.273. The third-order valence-corrected chi connectivity index (χ3v) is 12.5. The molecule has 0 bridgehead atoms. The van der Waals surface area contributed by atoms with Crippen LogP contribution in [0.15, 0.2) is 11.6 Å². The van der Waals surface area contributed by atoms with Crippen molar-refractivity contribution in [1.82, 2.24) is 0 Å². The van der Waals surface area contributed by atoms with Crippen LogP contribution in [0.5, 0.6) is 0 Å². The first-order valence-electron chi connectivity index (χ1n) is 15.7. The van der Waals surface area contributed by atoms with Gasteiger partial charge in [-0.05, 0) is 80.6 Å². The van der Waals surface area contributed by atoms with E-state index >= 15 is 0 Å². The average molecular weight is 577 g/mol. The Morgan fingerprint density at radius 3 is 2.54 bits per heavy atom. The van der Waals surface area contributed by atoms with Crippen LogP contribution in [-0.4, -0.2) is 78.3 Å². The zero-order valence-electron chi connectivity index (χ0n) is 25.2. The third-order valence-electron chi connectivity index (χ3n) is 12.5. The Labute approximate surface area is 243 Å². The van der Waals surface area contributed by atoms with Crippen LogP contribution in [0.2, 0.25) is 0 Å². The van der Waals surface area contributed by atoms with Gasteiger partial charge in [0.25, 0.3) is 0 Å². The molecule has 41 heavy (non-hydrogen) atoms. The summed E-state index contributed by atoms with van der Waals surface area (Å²) >= 11 is 0. The smallest absolute Gasteiger partial charge is 0.331 e. The molecule has 0 aromatic carbocycles. The Bertz CT molecular complexity index is 1080. The van der Waals surface area contributed by atoms with E-state index in [9.17, 15) is 19.8 Å². The molecule has 4 saturated carbocycles. The van der Waals surface area contributed by atoms with Crippen molar-refractivity contribution in [2.45, 2.75) is 128 Å².